The molecule has 4 rings (SSSR count). The predicted molar refractivity (Wildman–Crippen MR) is 109 cm³/mol. The molecule has 0 bridgehead atoms. The van der Waals surface area contributed by atoms with Crippen molar-refractivity contribution in [2.24, 2.45) is 0 Å². The van der Waals surface area contributed by atoms with Gasteiger partial charge in [0.1, 0.15) is 0 Å². The fourth-order valence-electron chi connectivity index (χ4n) is 3.18. The van der Waals surface area contributed by atoms with E-state index >= 15 is 0 Å². The Morgan fingerprint density at radius 3 is 2.79 bits per heavy atom. The number of fused-ring (bicyclic) bond motifs is 1. The smallest absolute Gasteiger partial charge is 0.251 e. The van der Waals surface area contributed by atoms with Crippen LogP contribution in [0.2, 0.25) is 0 Å². The van der Waals surface area contributed by atoms with Crippen molar-refractivity contribution >= 4 is 22.5 Å². The van der Waals surface area contributed by atoms with Crippen molar-refractivity contribution in [3.63, 3.8) is 0 Å². The van der Waals surface area contributed by atoms with Crippen LogP contribution in [0, 0.1) is 6.92 Å². The summed E-state index contributed by atoms with van der Waals surface area (Å²) in [7, 11) is 0. The van der Waals surface area contributed by atoms with E-state index in [-0.39, 0.29) is 17.9 Å². The molecule has 28 heavy (non-hydrogen) atoms. The van der Waals surface area contributed by atoms with Crippen molar-refractivity contribution in [2.75, 3.05) is 5.32 Å². The number of nitrogens with one attached hydrogen (secondary N) is 2. The second kappa shape index (κ2) is 7.52. The van der Waals surface area contributed by atoms with Crippen LogP contribution in [0.25, 0.3) is 10.9 Å². The number of benzene rings is 2. The molecule has 0 saturated heterocycles. The molecule has 0 unspecified atom stereocenters. The predicted octanol–water partition coefficient (Wildman–Crippen LogP) is 3.26. The topological polar surface area (TPSA) is 79.8 Å². The molecule has 0 radical (unpaired) electrons. The summed E-state index contributed by atoms with van der Waals surface area (Å²) in [6, 6.07) is 17.3. The number of nitrogens with zero attached hydrogens (tertiary/aromatic N) is 2. The lowest BCUT2D eigenvalue weighted by Gasteiger charge is -2.10. The second-order valence-corrected chi connectivity index (χ2v) is 6.81. The molecule has 0 spiro atoms. The third-order valence-corrected chi connectivity index (χ3v) is 4.65. The largest absolute Gasteiger partial charge is 0.330 e. The molecule has 2 aromatic heterocycles. The number of aromatic amines is 1. The molecular weight excluding hydrogens is 352 g/mol. The summed E-state index contributed by atoms with van der Waals surface area (Å²) in [6.45, 7) is 2.43. The number of hydrogen-bond acceptors (Lipinski definition) is 3. The summed E-state index contributed by atoms with van der Waals surface area (Å²) >= 11 is 0. The van der Waals surface area contributed by atoms with Crippen molar-refractivity contribution in [2.45, 2.75) is 19.9 Å². The van der Waals surface area contributed by atoms with Gasteiger partial charge in [0, 0.05) is 40.6 Å². The van der Waals surface area contributed by atoms with Gasteiger partial charge in [-0.05, 0) is 36.8 Å². The monoisotopic (exact) mass is 372 g/mol. The minimum absolute atomic E-state index is 0.101. The van der Waals surface area contributed by atoms with E-state index in [2.05, 4.69) is 15.3 Å². The van der Waals surface area contributed by atoms with Gasteiger partial charge in [0.15, 0.2) is 0 Å². The van der Waals surface area contributed by atoms with Crippen LogP contribution in [0.3, 0.4) is 0 Å². The molecule has 0 aliphatic carbocycles. The number of imidazole rings is 1. The first-order valence-electron chi connectivity index (χ1n) is 9.05. The SMILES string of the molecule is Cc1cc2cc(NC(=O)Cc3cncn3Cc3ccccc3)ccc2[nH]c1=O. The number of carbonyl (C=O) groups is 1. The zero-order valence-corrected chi connectivity index (χ0v) is 15.5. The van der Waals surface area contributed by atoms with E-state index in [1.165, 1.54) is 0 Å². The highest BCUT2D eigenvalue weighted by Gasteiger charge is 2.10. The summed E-state index contributed by atoms with van der Waals surface area (Å²) in [5.74, 6) is -0.115. The molecule has 0 aliphatic rings. The molecule has 2 heterocycles. The fraction of sp³-hybridized carbons (Fsp3) is 0.136. The summed E-state index contributed by atoms with van der Waals surface area (Å²) in [5.41, 5.74) is 3.98. The number of amides is 1. The number of H-pyrrole nitrogens is 1. The van der Waals surface area contributed by atoms with Crippen molar-refractivity contribution in [3.8, 4) is 0 Å². The minimum Gasteiger partial charge on any atom is -0.330 e. The Balaban J connectivity index is 1.48. The molecule has 1 amide bonds. The first kappa shape index (κ1) is 17.7. The summed E-state index contributed by atoms with van der Waals surface area (Å²) in [5, 5.41) is 3.80. The maximum Gasteiger partial charge on any atom is 0.251 e. The third kappa shape index (κ3) is 3.86. The molecule has 0 atom stereocenters. The second-order valence-electron chi connectivity index (χ2n) is 6.81. The van der Waals surface area contributed by atoms with Crippen molar-refractivity contribution in [1.29, 1.82) is 0 Å². The van der Waals surface area contributed by atoms with Crippen molar-refractivity contribution in [1.82, 2.24) is 14.5 Å². The van der Waals surface area contributed by atoms with E-state index in [1.807, 2.05) is 47.0 Å². The number of aromatic nitrogens is 3. The highest BCUT2D eigenvalue weighted by atomic mass is 16.1. The van der Waals surface area contributed by atoms with Crippen molar-refractivity contribution in [3.05, 3.63) is 94.3 Å². The Kier molecular flexibility index (Phi) is 4.76. The Morgan fingerprint density at radius 1 is 1.14 bits per heavy atom. The van der Waals surface area contributed by atoms with Crippen LogP contribution >= 0.6 is 0 Å². The van der Waals surface area contributed by atoms with Gasteiger partial charge in [0.05, 0.1) is 12.7 Å². The van der Waals surface area contributed by atoms with E-state index in [0.29, 0.717) is 17.8 Å². The molecule has 140 valence electrons. The Labute approximate surface area is 161 Å². The van der Waals surface area contributed by atoms with Gasteiger partial charge in [0.25, 0.3) is 5.56 Å². The van der Waals surface area contributed by atoms with Crippen LogP contribution in [-0.4, -0.2) is 20.4 Å². The first-order valence-corrected chi connectivity index (χ1v) is 9.05. The Bertz CT molecular complexity index is 1190. The van der Waals surface area contributed by atoms with Gasteiger partial charge in [-0.1, -0.05) is 30.3 Å². The molecule has 0 aliphatic heterocycles. The molecule has 6 nitrogen and oxygen atoms in total. The van der Waals surface area contributed by atoms with Gasteiger partial charge in [-0.2, -0.15) is 0 Å². The summed E-state index contributed by atoms with van der Waals surface area (Å²) in [6.07, 6.45) is 3.69. The number of hydrogen-bond donors (Lipinski definition) is 2. The molecular formula is C22H20N4O2. The maximum atomic E-state index is 12.5. The van der Waals surface area contributed by atoms with Crippen LogP contribution in [0.15, 0.2) is 71.9 Å². The number of anilines is 1. The lowest BCUT2D eigenvalue weighted by molar-refractivity contribution is -0.115. The lowest BCUT2D eigenvalue weighted by Crippen LogP contribution is -2.17. The average molecular weight is 372 g/mol. The van der Waals surface area contributed by atoms with E-state index in [4.69, 9.17) is 0 Å². The van der Waals surface area contributed by atoms with Gasteiger partial charge < -0.3 is 14.9 Å². The van der Waals surface area contributed by atoms with E-state index in [1.54, 1.807) is 31.6 Å². The van der Waals surface area contributed by atoms with Gasteiger partial charge >= 0.3 is 0 Å². The number of aryl methyl sites for hydroxylation is 1. The molecule has 2 aromatic carbocycles. The van der Waals surface area contributed by atoms with Crippen LogP contribution in [-0.2, 0) is 17.8 Å². The van der Waals surface area contributed by atoms with E-state index in [9.17, 15) is 9.59 Å². The standard InChI is InChI=1S/C22H20N4O2/c1-15-9-17-10-18(7-8-20(17)25-22(15)28)24-21(27)11-19-12-23-14-26(19)13-16-5-3-2-4-6-16/h2-10,12,14H,11,13H2,1H3,(H,24,27)(H,25,28). The summed E-state index contributed by atoms with van der Waals surface area (Å²) < 4.78 is 1.98. The number of carbonyl (C=O) groups excluding carboxylic acids is 1. The third-order valence-electron chi connectivity index (χ3n) is 4.65. The minimum atomic E-state index is -0.115. The molecule has 0 saturated carbocycles. The maximum absolute atomic E-state index is 12.5. The molecule has 2 N–H and O–H groups in total. The van der Waals surface area contributed by atoms with Gasteiger partial charge in [0.2, 0.25) is 5.91 Å². The van der Waals surface area contributed by atoms with Gasteiger partial charge in [-0.25, -0.2) is 4.98 Å². The van der Waals surface area contributed by atoms with Crippen LogP contribution < -0.4 is 10.9 Å². The Hall–Kier alpha value is -3.67. The summed E-state index contributed by atoms with van der Waals surface area (Å²) in [4.78, 5) is 31.2. The van der Waals surface area contributed by atoms with E-state index in [0.717, 1.165) is 22.2 Å². The number of pyridine rings is 1. The Morgan fingerprint density at radius 2 is 1.96 bits per heavy atom. The quantitative estimate of drug-likeness (QED) is 0.564. The lowest BCUT2D eigenvalue weighted by atomic mass is 10.1. The average Bonchev–Trinajstić information content (AvgIpc) is 3.10. The molecule has 0 fully saturated rings. The zero-order valence-electron chi connectivity index (χ0n) is 15.5. The van der Waals surface area contributed by atoms with Crippen LogP contribution in [0.4, 0.5) is 5.69 Å². The highest BCUT2D eigenvalue weighted by molar-refractivity contribution is 5.94. The van der Waals surface area contributed by atoms with Crippen LogP contribution in [0.5, 0.6) is 0 Å². The zero-order chi connectivity index (χ0) is 19.5. The molecule has 4 aromatic rings. The van der Waals surface area contributed by atoms with Crippen molar-refractivity contribution < 1.29 is 4.79 Å². The normalized spacial score (nSPS) is 10.9. The highest BCUT2D eigenvalue weighted by Crippen LogP contribution is 2.17. The van der Waals surface area contributed by atoms with Gasteiger partial charge in [-0.15, -0.1) is 0 Å². The number of rotatable bonds is 5. The fourth-order valence-corrected chi connectivity index (χ4v) is 3.18. The first-order chi connectivity index (χ1) is 13.6. The molecule has 6 heteroatoms. The van der Waals surface area contributed by atoms with Gasteiger partial charge in [-0.3, -0.25) is 9.59 Å². The van der Waals surface area contributed by atoms with E-state index < -0.39 is 0 Å². The van der Waals surface area contributed by atoms with Crippen LogP contribution in [0.1, 0.15) is 16.8 Å².